The normalized spacial score (nSPS) is 14.0. The van der Waals surface area contributed by atoms with Crippen molar-refractivity contribution in [3.05, 3.63) is 48.0 Å². The summed E-state index contributed by atoms with van der Waals surface area (Å²) in [5.41, 5.74) is 1.15. The summed E-state index contributed by atoms with van der Waals surface area (Å²) in [6.07, 6.45) is 0. The van der Waals surface area contributed by atoms with E-state index in [2.05, 4.69) is 5.32 Å². The molecule has 3 rings (SSSR count). The van der Waals surface area contributed by atoms with E-state index in [1.54, 1.807) is 31.4 Å². The van der Waals surface area contributed by atoms with Gasteiger partial charge in [0.25, 0.3) is 0 Å². The molecule has 0 radical (unpaired) electrons. The average Bonchev–Trinajstić information content (AvgIpc) is 2.76. The van der Waals surface area contributed by atoms with Crippen molar-refractivity contribution in [1.82, 2.24) is 5.32 Å². The summed E-state index contributed by atoms with van der Waals surface area (Å²) in [7, 11) is -2.14. The molecule has 9 heteroatoms. The number of para-hydroxylation sites is 1. The second kappa shape index (κ2) is 9.25. The second-order valence-corrected chi connectivity index (χ2v) is 8.95. The van der Waals surface area contributed by atoms with Crippen molar-refractivity contribution in [3.8, 4) is 17.2 Å². The van der Waals surface area contributed by atoms with E-state index in [-0.39, 0.29) is 18.3 Å². The summed E-state index contributed by atoms with van der Waals surface area (Å²) >= 11 is 0. The van der Waals surface area contributed by atoms with Gasteiger partial charge in [-0.3, -0.25) is 9.10 Å². The lowest BCUT2D eigenvalue weighted by Crippen LogP contribution is -2.42. The zero-order valence-electron chi connectivity index (χ0n) is 17.3. The van der Waals surface area contributed by atoms with Crippen LogP contribution in [0.25, 0.3) is 0 Å². The molecule has 1 heterocycles. The molecule has 8 nitrogen and oxygen atoms in total. The average molecular weight is 435 g/mol. The number of rotatable bonds is 8. The zero-order chi connectivity index (χ0) is 21.7. The van der Waals surface area contributed by atoms with Crippen LogP contribution in [0.15, 0.2) is 42.5 Å². The Labute approximate surface area is 176 Å². The Morgan fingerprint density at radius 3 is 2.57 bits per heavy atom. The smallest absolute Gasteiger partial charge is 0.241 e. The van der Waals surface area contributed by atoms with Gasteiger partial charge in [0.05, 0.1) is 24.6 Å². The Bertz CT molecular complexity index is 1010. The number of methoxy groups -OCH3 is 1. The number of amides is 1. The first-order valence-corrected chi connectivity index (χ1v) is 11.3. The van der Waals surface area contributed by atoms with Crippen LogP contribution in [0.1, 0.15) is 25.5 Å². The number of hydrogen-bond donors (Lipinski definition) is 1. The Hall–Kier alpha value is -2.94. The minimum atomic E-state index is -3.70. The molecule has 0 aromatic heterocycles. The molecule has 1 amide bonds. The molecule has 1 aliphatic heterocycles. The van der Waals surface area contributed by atoms with Gasteiger partial charge in [0.15, 0.2) is 11.5 Å². The molecule has 0 spiro atoms. The van der Waals surface area contributed by atoms with Crippen molar-refractivity contribution in [3.63, 3.8) is 0 Å². The van der Waals surface area contributed by atoms with Crippen molar-refractivity contribution in [2.24, 2.45) is 0 Å². The minimum absolute atomic E-state index is 0.142. The molecule has 0 bridgehead atoms. The number of sulfonamides is 1. The lowest BCUT2D eigenvalue weighted by atomic mass is 10.1. The predicted molar refractivity (Wildman–Crippen MR) is 114 cm³/mol. The third-order valence-corrected chi connectivity index (χ3v) is 6.53. The SMILES string of the molecule is CCS(=O)(=O)N(CC(=O)N[C@H](C)c1ccccc1OC)c1ccc2c(c1)OCCO2. The summed E-state index contributed by atoms with van der Waals surface area (Å²) in [5.74, 6) is 1.08. The van der Waals surface area contributed by atoms with Crippen molar-refractivity contribution < 1.29 is 27.4 Å². The Morgan fingerprint density at radius 2 is 1.87 bits per heavy atom. The first-order chi connectivity index (χ1) is 14.4. The first-order valence-electron chi connectivity index (χ1n) is 9.68. The van der Waals surface area contributed by atoms with Crippen LogP contribution in [-0.4, -0.2) is 46.9 Å². The highest BCUT2D eigenvalue weighted by Crippen LogP contribution is 2.35. The highest BCUT2D eigenvalue weighted by atomic mass is 32.2. The van der Waals surface area contributed by atoms with Gasteiger partial charge in [-0.25, -0.2) is 8.42 Å². The highest BCUT2D eigenvalue weighted by Gasteiger charge is 2.26. The van der Waals surface area contributed by atoms with Crippen LogP contribution in [0.5, 0.6) is 17.2 Å². The van der Waals surface area contributed by atoms with Gasteiger partial charge >= 0.3 is 0 Å². The molecule has 0 fully saturated rings. The number of benzene rings is 2. The molecule has 2 aromatic rings. The number of nitrogens with zero attached hydrogens (tertiary/aromatic N) is 1. The van der Waals surface area contributed by atoms with Gasteiger partial charge in [-0.2, -0.15) is 0 Å². The molecule has 0 unspecified atom stereocenters. The predicted octanol–water partition coefficient (Wildman–Crippen LogP) is 2.50. The van der Waals surface area contributed by atoms with Crippen LogP contribution in [0.4, 0.5) is 5.69 Å². The maximum atomic E-state index is 12.7. The summed E-state index contributed by atoms with van der Waals surface area (Å²) in [4.78, 5) is 12.7. The molecular weight excluding hydrogens is 408 g/mol. The van der Waals surface area contributed by atoms with Crippen molar-refractivity contribution >= 4 is 21.6 Å². The van der Waals surface area contributed by atoms with Crippen LogP contribution in [0, 0.1) is 0 Å². The summed E-state index contributed by atoms with van der Waals surface area (Å²) in [6.45, 7) is 3.82. The topological polar surface area (TPSA) is 94.2 Å². The van der Waals surface area contributed by atoms with Crippen molar-refractivity contribution in [1.29, 1.82) is 0 Å². The fourth-order valence-corrected chi connectivity index (χ4v) is 4.27. The summed E-state index contributed by atoms with van der Waals surface area (Å²) < 4.78 is 42.9. The molecule has 0 aliphatic carbocycles. The maximum absolute atomic E-state index is 12.7. The van der Waals surface area contributed by atoms with Gasteiger partial charge in [0.1, 0.15) is 25.5 Å². The van der Waals surface area contributed by atoms with E-state index in [4.69, 9.17) is 14.2 Å². The second-order valence-electron chi connectivity index (χ2n) is 6.77. The monoisotopic (exact) mass is 434 g/mol. The third-order valence-electron chi connectivity index (χ3n) is 4.78. The van der Waals surface area contributed by atoms with E-state index >= 15 is 0 Å². The number of fused-ring (bicyclic) bond motifs is 1. The molecule has 1 atom stereocenters. The van der Waals surface area contributed by atoms with Crippen LogP contribution >= 0.6 is 0 Å². The number of anilines is 1. The number of nitrogens with one attached hydrogen (secondary N) is 1. The van der Waals surface area contributed by atoms with E-state index in [0.717, 1.165) is 9.87 Å². The van der Waals surface area contributed by atoms with Gasteiger partial charge < -0.3 is 19.5 Å². The van der Waals surface area contributed by atoms with Gasteiger partial charge in [0, 0.05) is 11.6 Å². The Balaban J connectivity index is 1.81. The zero-order valence-corrected chi connectivity index (χ0v) is 18.1. The van der Waals surface area contributed by atoms with Crippen molar-refractivity contribution in [2.45, 2.75) is 19.9 Å². The summed E-state index contributed by atoms with van der Waals surface area (Å²) in [5, 5.41) is 2.85. The maximum Gasteiger partial charge on any atom is 0.241 e. The van der Waals surface area contributed by atoms with E-state index < -0.39 is 15.9 Å². The van der Waals surface area contributed by atoms with Gasteiger partial charge in [-0.1, -0.05) is 18.2 Å². The van der Waals surface area contributed by atoms with E-state index in [0.29, 0.717) is 36.1 Å². The minimum Gasteiger partial charge on any atom is -0.496 e. The Kier molecular flexibility index (Phi) is 6.71. The van der Waals surface area contributed by atoms with Gasteiger partial charge in [-0.15, -0.1) is 0 Å². The fraction of sp³-hybridized carbons (Fsp3) is 0.381. The fourth-order valence-electron chi connectivity index (χ4n) is 3.21. The largest absolute Gasteiger partial charge is 0.496 e. The van der Waals surface area contributed by atoms with E-state index in [1.807, 2.05) is 25.1 Å². The molecular formula is C21H26N2O6S. The van der Waals surface area contributed by atoms with E-state index in [1.165, 1.54) is 6.92 Å². The molecule has 162 valence electrons. The number of carbonyl (C=O) groups excluding carboxylic acids is 1. The molecule has 1 aliphatic rings. The van der Waals surface area contributed by atoms with Crippen LogP contribution in [-0.2, 0) is 14.8 Å². The Morgan fingerprint density at radius 1 is 1.17 bits per heavy atom. The molecule has 0 saturated carbocycles. The molecule has 1 N–H and O–H groups in total. The first kappa shape index (κ1) is 21.8. The molecule has 30 heavy (non-hydrogen) atoms. The summed E-state index contributed by atoms with van der Waals surface area (Å²) in [6, 6.07) is 11.8. The van der Waals surface area contributed by atoms with E-state index in [9.17, 15) is 13.2 Å². The van der Waals surface area contributed by atoms with Crippen LogP contribution in [0.2, 0.25) is 0 Å². The molecule has 0 saturated heterocycles. The number of hydrogen-bond acceptors (Lipinski definition) is 6. The van der Waals surface area contributed by atoms with Crippen LogP contribution < -0.4 is 23.8 Å². The molecule has 2 aromatic carbocycles. The number of ether oxygens (including phenoxy) is 3. The van der Waals surface area contributed by atoms with Gasteiger partial charge in [-0.05, 0) is 32.0 Å². The lowest BCUT2D eigenvalue weighted by molar-refractivity contribution is -0.120. The highest BCUT2D eigenvalue weighted by molar-refractivity contribution is 7.92. The number of carbonyl (C=O) groups is 1. The third kappa shape index (κ3) is 4.79. The lowest BCUT2D eigenvalue weighted by Gasteiger charge is -2.26. The van der Waals surface area contributed by atoms with Gasteiger partial charge in [0.2, 0.25) is 15.9 Å². The van der Waals surface area contributed by atoms with Crippen LogP contribution in [0.3, 0.4) is 0 Å². The standard InChI is InChI=1S/C21H26N2O6S/c1-4-30(25,26)23(16-9-10-19-20(13-16)29-12-11-28-19)14-21(24)22-15(2)17-7-5-6-8-18(17)27-3/h5-10,13,15H,4,11-12,14H2,1-3H3,(H,22,24)/t15-/m1/s1. The quantitative estimate of drug-likeness (QED) is 0.686. The van der Waals surface area contributed by atoms with Crippen molar-refractivity contribution in [2.75, 3.05) is 36.9 Å².